The van der Waals surface area contributed by atoms with E-state index in [1.165, 1.54) is 5.56 Å². The maximum Gasteiger partial charge on any atom is 0.240 e. The third-order valence-electron chi connectivity index (χ3n) is 4.58. The van der Waals surface area contributed by atoms with Gasteiger partial charge in [-0.05, 0) is 43.7 Å². The van der Waals surface area contributed by atoms with E-state index in [0.717, 1.165) is 38.9 Å². The Kier molecular flexibility index (Phi) is 5.40. The summed E-state index contributed by atoms with van der Waals surface area (Å²) < 4.78 is 0. The van der Waals surface area contributed by atoms with Crippen LogP contribution in [0.4, 0.5) is 0 Å². The van der Waals surface area contributed by atoms with Gasteiger partial charge in [0.2, 0.25) is 5.91 Å². The van der Waals surface area contributed by atoms with Gasteiger partial charge >= 0.3 is 0 Å². The molecule has 1 aliphatic heterocycles. The SMILES string of the molecule is CCN(CCc1ccccc1)C(=O)C1NCCCC1(C)C. The molecule has 0 bridgehead atoms. The molecule has 3 nitrogen and oxygen atoms in total. The van der Waals surface area contributed by atoms with Crippen molar-refractivity contribution in [2.75, 3.05) is 19.6 Å². The van der Waals surface area contributed by atoms with Crippen molar-refractivity contribution in [3.63, 3.8) is 0 Å². The molecule has 1 N–H and O–H groups in total. The van der Waals surface area contributed by atoms with E-state index in [1.54, 1.807) is 0 Å². The van der Waals surface area contributed by atoms with Crippen molar-refractivity contribution in [3.8, 4) is 0 Å². The number of nitrogens with one attached hydrogen (secondary N) is 1. The van der Waals surface area contributed by atoms with Gasteiger partial charge in [-0.2, -0.15) is 0 Å². The first-order valence-corrected chi connectivity index (χ1v) is 8.10. The quantitative estimate of drug-likeness (QED) is 0.903. The van der Waals surface area contributed by atoms with Crippen molar-refractivity contribution in [3.05, 3.63) is 35.9 Å². The molecule has 1 heterocycles. The second-order valence-electron chi connectivity index (χ2n) is 6.63. The Morgan fingerprint density at radius 3 is 2.67 bits per heavy atom. The van der Waals surface area contributed by atoms with Gasteiger partial charge in [0, 0.05) is 13.1 Å². The lowest BCUT2D eigenvalue weighted by Crippen LogP contribution is -2.56. The number of benzene rings is 1. The minimum atomic E-state index is -0.0398. The highest BCUT2D eigenvalue weighted by Gasteiger charge is 2.38. The first-order valence-electron chi connectivity index (χ1n) is 8.10. The fourth-order valence-corrected chi connectivity index (χ4v) is 3.15. The van der Waals surface area contributed by atoms with E-state index in [9.17, 15) is 4.79 Å². The topological polar surface area (TPSA) is 32.3 Å². The maximum absolute atomic E-state index is 12.8. The molecule has 3 heteroatoms. The van der Waals surface area contributed by atoms with E-state index >= 15 is 0 Å². The number of rotatable bonds is 5. The molecule has 0 saturated carbocycles. The molecule has 1 unspecified atom stereocenters. The minimum absolute atomic E-state index is 0.0398. The van der Waals surface area contributed by atoms with Gasteiger partial charge in [-0.3, -0.25) is 4.79 Å². The van der Waals surface area contributed by atoms with Gasteiger partial charge in [0.1, 0.15) is 0 Å². The van der Waals surface area contributed by atoms with Crippen molar-refractivity contribution in [1.29, 1.82) is 0 Å². The highest BCUT2D eigenvalue weighted by atomic mass is 16.2. The second-order valence-corrected chi connectivity index (χ2v) is 6.63. The maximum atomic E-state index is 12.8. The molecule has 116 valence electrons. The van der Waals surface area contributed by atoms with Crippen LogP contribution in [0.5, 0.6) is 0 Å². The summed E-state index contributed by atoms with van der Waals surface area (Å²) in [6.45, 7) is 9.00. The summed E-state index contributed by atoms with van der Waals surface area (Å²) in [7, 11) is 0. The Morgan fingerprint density at radius 2 is 2.05 bits per heavy atom. The zero-order valence-corrected chi connectivity index (χ0v) is 13.6. The summed E-state index contributed by atoms with van der Waals surface area (Å²) >= 11 is 0. The second kappa shape index (κ2) is 7.08. The fourth-order valence-electron chi connectivity index (χ4n) is 3.15. The van der Waals surface area contributed by atoms with E-state index < -0.39 is 0 Å². The molecular weight excluding hydrogens is 260 g/mol. The number of hydrogen-bond donors (Lipinski definition) is 1. The van der Waals surface area contributed by atoms with Gasteiger partial charge in [0.25, 0.3) is 0 Å². The molecule has 0 radical (unpaired) electrons. The molecule has 1 amide bonds. The molecule has 2 rings (SSSR count). The minimum Gasteiger partial charge on any atom is -0.341 e. The Bertz CT molecular complexity index is 456. The number of likely N-dealkylation sites (N-methyl/N-ethyl adjacent to an activating group) is 1. The number of carbonyl (C=O) groups is 1. The molecule has 0 aromatic heterocycles. The number of piperidine rings is 1. The zero-order chi connectivity index (χ0) is 15.3. The van der Waals surface area contributed by atoms with Crippen LogP contribution < -0.4 is 5.32 Å². The first kappa shape index (κ1) is 16.0. The molecule has 1 aromatic rings. The third kappa shape index (κ3) is 4.07. The average Bonchev–Trinajstić information content (AvgIpc) is 2.48. The Morgan fingerprint density at radius 1 is 1.33 bits per heavy atom. The number of amides is 1. The van der Waals surface area contributed by atoms with Gasteiger partial charge in [-0.15, -0.1) is 0 Å². The van der Waals surface area contributed by atoms with Gasteiger partial charge in [-0.25, -0.2) is 0 Å². The van der Waals surface area contributed by atoms with Crippen molar-refractivity contribution >= 4 is 5.91 Å². The van der Waals surface area contributed by atoms with Crippen LogP contribution in [0.3, 0.4) is 0 Å². The van der Waals surface area contributed by atoms with Crippen molar-refractivity contribution in [2.45, 2.75) is 46.1 Å². The van der Waals surface area contributed by atoms with Gasteiger partial charge in [0.05, 0.1) is 6.04 Å². The lowest BCUT2D eigenvalue weighted by Gasteiger charge is -2.40. The summed E-state index contributed by atoms with van der Waals surface area (Å²) in [5.74, 6) is 0.262. The van der Waals surface area contributed by atoms with Gasteiger partial charge in [0.15, 0.2) is 0 Å². The smallest absolute Gasteiger partial charge is 0.240 e. The standard InChI is InChI=1S/C18H28N2O/c1-4-20(14-11-15-9-6-5-7-10-15)17(21)16-18(2,3)12-8-13-19-16/h5-7,9-10,16,19H,4,8,11-14H2,1-3H3. The van der Waals surface area contributed by atoms with Crippen LogP contribution in [0, 0.1) is 5.41 Å². The summed E-state index contributed by atoms with van der Waals surface area (Å²) in [4.78, 5) is 14.8. The Hall–Kier alpha value is -1.35. The van der Waals surface area contributed by atoms with Gasteiger partial charge < -0.3 is 10.2 Å². The summed E-state index contributed by atoms with van der Waals surface area (Å²) in [5, 5.41) is 3.43. The summed E-state index contributed by atoms with van der Waals surface area (Å²) in [6, 6.07) is 10.4. The van der Waals surface area contributed by atoms with Crippen molar-refractivity contribution in [2.24, 2.45) is 5.41 Å². The molecule has 1 aliphatic rings. The molecule has 1 aromatic carbocycles. The monoisotopic (exact) mass is 288 g/mol. The molecule has 21 heavy (non-hydrogen) atoms. The van der Waals surface area contributed by atoms with Crippen LogP contribution in [-0.2, 0) is 11.2 Å². The first-order chi connectivity index (χ1) is 10.0. The fraction of sp³-hybridized carbons (Fsp3) is 0.611. The molecule has 1 atom stereocenters. The third-order valence-corrected chi connectivity index (χ3v) is 4.58. The Labute approximate surface area is 128 Å². The lowest BCUT2D eigenvalue weighted by molar-refractivity contribution is -0.137. The van der Waals surface area contributed by atoms with E-state index in [0.29, 0.717) is 0 Å². The molecule has 0 aliphatic carbocycles. The largest absolute Gasteiger partial charge is 0.341 e. The summed E-state index contributed by atoms with van der Waals surface area (Å²) in [6.07, 6.45) is 3.20. The van der Waals surface area contributed by atoms with E-state index in [2.05, 4.69) is 50.4 Å². The van der Waals surface area contributed by atoms with Crippen LogP contribution in [0.25, 0.3) is 0 Å². The predicted molar refractivity (Wildman–Crippen MR) is 87.2 cm³/mol. The Balaban J connectivity index is 1.98. The van der Waals surface area contributed by atoms with Crippen molar-refractivity contribution in [1.82, 2.24) is 10.2 Å². The van der Waals surface area contributed by atoms with E-state index in [1.807, 2.05) is 11.0 Å². The molecule has 1 fully saturated rings. The lowest BCUT2D eigenvalue weighted by atomic mass is 9.77. The van der Waals surface area contributed by atoms with Crippen molar-refractivity contribution < 1.29 is 4.79 Å². The number of carbonyl (C=O) groups excluding carboxylic acids is 1. The molecular formula is C18H28N2O. The molecule has 1 saturated heterocycles. The normalized spacial score (nSPS) is 21.0. The predicted octanol–water partition coefficient (Wildman–Crippen LogP) is 2.86. The van der Waals surface area contributed by atoms with Crippen LogP contribution >= 0.6 is 0 Å². The number of nitrogens with zero attached hydrogens (tertiary/aromatic N) is 1. The van der Waals surface area contributed by atoms with Gasteiger partial charge in [-0.1, -0.05) is 44.2 Å². The van der Waals surface area contributed by atoms with Crippen LogP contribution in [0.1, 0.15) is 39.2 Å². The highest BCUT2D eigenvalue weighted by molar-refractivity contribution is 5.83. The number of hydrogen-bond acceptors (Lipinski definition) is 2. The summed E-state index contributed by atoms with van der Waals surface area (Å²) in [5.41, 5.74) is 1.34. The van der Waals surface area contributed by atoms with E-state index in [-0.39, 0.29) is 17.4 Å². The van der Waals surface area contributed by atoms with Crippen LogP contribution in [0.15, 0.2) is 30.3 Å². The highest BCUT2D eigenvalue weighted by Crippen LogP contribution is 2.31. The average molecular weight is 288 g/mol. The van der Waals surface area contributed by atoms with Crippen LogP contribution in [0.2, 0.25) is 0 Å². The van der Waals surface area contributed by atoms with Crippen LogP contribution in [-0.4, -0.2) is 36.5 Å². The van der Waals surface area contributed by atoms with E-state index in [4.69, 9.17) is 0 Å². The molecule has 0 spiro atoms. The zero-order valence-electron chi connectivity index (χ0n) is 13.6.